The number of carbonyl (C=O) groups is 1. The summed E-state index contributed by atoms with van der Waals surface area (Å²) < 4.78 is 5.21. The van der Waals surface area contributed by atoms with Gasteiger partial charge in [0, 0.05) is 19.6 Å². The molecule has 1 saturated heterocycles. The summed E-state index contributed by atoms with van der Waals surface area (Å²) in [5, 5.41) is 19.3. The monoisotopic (exact) mass is 202 g/mol. The summed E-state index contributed by atoms with van der Waals surface area (Å²) in [6.07, 6.45) is 1.60. The first-order valence-corrected chi connectivity index (χ1v) is 4.94. The Kier molecular flexibility index (Phi) is 3.17. The van der Waals surface area contributed by atoms with Crippen molar-refractivity contribution in [2.45, 2.75) is 38.7 Å². The zero-order chi connectivity index (χ0) is 10.8. The van der Waals surface area contributed by atoms with Gasteiger partial charge in [-0.25, -0.2) is 0 Å². The lowest BCUT2D eigenvalue weighted by Gasteiger charge is -2.38. The van der Waals surface area contributed by atoms with Crippen molar-refractivity contribution in [2.24, 2.45) is 5.41 Å². The Bertz CT molecular complexity index is 214. The van der Waals surface area contributed by atoms with Crippen molar-refractivity contribution >= 4 is 5.97 Å². The molecule has 0 aromatic rings. The number of hydrogen-bond donors (Lipinski definition) is 2. The fraction of sp³-hybridized carbons (Fsp3) is 0.900. The van der Waals surface area contributed by atoms with Gasteiger partial charge in [0.05, 0.1) is 11.0 Å². The highest BCUT2D eigenvalue weighted by molar-refractivity contribution is 5.75. The quantitative estimate of drug-likeness (QED) is 0.701. The minimum Gasteiger partial charge on any atom is -0.481 e. The second-order valence-corrected chi connectivity index (χ2v) is 4.43. The van der Waals surface area contributed by atoms with E-state index in [-0.39, 0.29) is 0 Å². The first-order valence-electron chi connectivity index (χ1n) is 4.94. The van der Waals surface area contributed by atoms with Crippen molar-refractivity contribution in [3.05, 3.63) is 0 Å². The summed E-state index contributed by atoms with van der Waals surface area (Å²) in [6, 6.07) is 0. The van der Waals surface area contributed by atoms with Crippen molar-refractivity contribution in [1.82, 2.24) is 0 Å². The molecule has 0 spiro atoms. The van der Waals surface area contributed by atoms with E-state index < -0.39 is 17.0 Å². The molecule has 4 heteroatoms. The van der Waals surface area contributed by atoms with Gasteiger partial charge < -0.3 is 14.9 Å². The molecule has 1 aliphatic heterocycles. The molecule has 0 bridgehead atoms. The standard InChI is InChI=1S/C10H18O4/c1-9(2,8(11)12)10(13)4-3-6-14-7-5-10/h13H,3-7H2,1-2H3,(H,11,12). The van der Waals surface area contributed by atoms with Crippen LogP contribution >= 0.6 is 0 Å². The molecule has 1 fully saturated rings. The predicted molar refractivity (Wildman–Crippen MR) is 51.0 cm³/mol. The lowest BCUT2D eigenvalue weighted by atomic mass is 9.71. The fourth-order valence-corrected chi connectivity index (χ4v) is 1.76. The van der Waals surface area contributed by atoms with E-state index in [4.69, 9.17) is 9.84 Å². The van der Waals surface area contributed by atoms with E-state index >= 15 is 0 Å². The zero-order valence-electron chi connectivity index (χ0n) is 8.75. The Hall–Kier alpha value is -0.610. The van der Waals surface area contributed by atoms with E-state index in [1.54, 1.807) is 13.8 Å². The molecule has 0 amide bonds. The van der Waals surface area contributed by atoms with Crippen LogP contribution in [0.5, 0.6) is 0 Å². The van der Waals surface area contributed by atoms with Crippen molar-refractivity contribution in [2.75, 3.05) is 13.2 Å². The summed E-state index contributed by atoms with van der Waals surface area (Å²) in [7, 11) is 0. The summed E-state index contributed by atoms with van der Waals surface area (Å²) in [4.78, 5) is 11.0. The van der Waals surface area contributed by atoms with Crippen LogP contribution in [0.2, 0.25) is 0 Å². The topological polar surface area (TPSA) is 66.8 Å². The van der Waals surface area contributed by atoms with Gasteiger partial charge in [-0.15, -0.1) is 0 Å². The third-order valence-corrected chi connectivity index (χ3v) is 3.24. The number of aliphatic carboxylic acids is 1. The van der Waals surface area contributed by atoms with Gasteiger partial charge in [0.2, 0.25) is 0 Å². The number of aliphatic hydroxyl groups is 1. The van der Waals surface area contributed by atoms with Crippen molar-refractivity contribution in [3.63, 3.8) is 0 Å². The number of rotatable bonds is 2. The van der Waals surface area contributed by atoms with E-state index in [0.29, 0.717) is 32.5 Å². The second-order valence-electron chi connectivity index (χ2n) is 4.43. The summed E-state index contributed by atoms with van der Waals surface area (Å²) in [5.74, 6) is -0.957. The minimum absolute atomic E-state index is 0.395. The normalized spacial score (nSPS) is 29.6. The predicted octanol–water partition coefficient (Wildman–Crippen LogP) is 1.03. The van der Waals surface area contributed by atoms with Crippen LogP contribution in [0.15, 0.2) is 0 Å². The molecule has 4 nitrogen and oxygen atoms in total. The molecule has 0 aromatic heterocycles. The molecule has 0 radical (unpaired) electrons. The van der Waals surface area contributed by atoms with Gasteiger partial charge >= 0.3 is 5.97 Å². The summed E-state index contributed by atoms with van der Waals surface area (Å²) in [6.45, 7) is 4.19. The molecule has 82 valence electrons. The molecule has 0 aromatic carbocycles. The Labute approximate surface area is 83.9 Å². The number of carboxylic acids is 1. The molecule has 0 aliphatic carbocycles. The summed E-state index contributed by atoms with van der Waals surface area (Å²) >= 11 is 0. The molecular weight excluding hydrogens is 184 g/mol. The van der Waals surface area contributed by atoms with Crippen LogP contribution in [0.25, 0.3) is 0 Å². The highest BCUT2D eigenvalue weighted by Crippen LogP contribution is 2.38. The maximum Gasteiger partial charge on any atom is 0.312 e. The lowest BCUT2D eigenvalue weighted by Crippen LogP contribution is -2.49. The van der Waals surface area contributed by atoms with Crippen LogP contribution in [0.3, 0.4) is 0 Å². The summed E-state index contributed by atoms with van der Waals surface area (Å²) in [5.41, 5.74) is -2.25. The van der Waals surface area contributed by atoms with Gasteiger partial charge in [-0.2, -0.15) is 0 Å². The van der Waals surface area contributed by atoms with Crippen LogP contribution in [0, 0.1) is 5.41 Å². The minimum atomic E-state index is -1.14. The highest BCUT2D eigenvalue weighted by atomic mass is 16.5. The Balaban J connectivity index is 2.85. The molecule has 1 aliphatic rings. The van der Waals surface area contributed by atoms with Crippen LogP contribution in [-0.2, 0) is 9.53 Å². The molecular formula is C10H18O4. The van der Waals surface area contributed by atoms with Crippen molar-refractivity contribution in [1.29, 1.82) is 0 Å². The molecule has 1 unspecified atom stereocenters. The van der Waals surface area contributed by atoms with Crippen molar-refractivity contribution < 1.29 is 19.7 Å². The first-order chi connectivity index (χ1) is 6.40. The average Bonchev–Trinajstić information content (AvgIpc) is 2.30. The van der Waals surface area contributed by atoms with Crippen LogP contribution in [-0.4, -0.2) is 35.0 Å². The third kappa shape index (κ3) is 1.91. The van der Waals surface area contributed by atoms with E-state index in [2.05, 4.69) is 0 Å². The third-order valence-electron chi connectivity index (χ3n) is 3.24. The SMILES string of the molecule is CC(C)(C(=O)O)C1(O)CCCOCC1. The average molecular weight is 202 g/mol. The van der Waals surface area contributed by atoms with Gasteiger partial charge in [0.25, 0.3) is 0 Å². The largest absolute Gasteiger partial charge is 0.481 e. The van der Waals surface area contributed by atoms with E-state index in [9.17, 15) is 9.90 Å². The van der Waals surface area contributed by atoms with Crippen LogP contribution in [0.1, 0.15) is 33.1 Å². The molecule has 1 atom stereocenters. The van der Waals surface area contributed by atoms with Gasteiger partial charge in [0.15, 0.2) is 0 Å². The molecule has 1 heterocycles. The maximum atomic E-state index is 11.0. The molecule has 14 heavy (non-hydrogen) atoms. The van der Waals surface area contributed by atoms with Gasteiger partial charge in [-0.3, -0.25) is 4.79 Å². The Morgan fingerprint density at radius 2 is 2.00 bits per heavy atom. The number of carboxylic acid groups (broad SMARTS) is 1. The zero-order valence-corrected chi connectivity index (χ0v) is 8.75. The molecule has 0 saturated carbocycles. The van der Waals surface area contributed by atoms with Gasteiger partial charge in [-0.05, 0) is 26.7 Å². The molecule has 1 rings (SSSR count). The maximum absolute atomic E-state index is 11.0. The van der Waals surface area contributed by atoms with Crippen molar-refractivity contribution in [3.8, 4) is 0 Å². The molecule has 2 N–H and O–H groups in total. The Morgan fingerprint density at radius 1 is 1.36 bits per heavy atom. The smallest absolute Gasteiger partial charge is 0.312 e. The first kappa shape index (κ1) is 11.5. The van der Waals surface area contributed by atoms with E-state index in [0.717, 1.165) is 0 Å². The Morgan fingerprint density at radius 3 is 2.57 bits per heavy atom. The second kappa shape index (κ2) is 3.87. The number of ether oxygens (including phenoxy) is 1. The van der Waals surface area contributed by atoms with Gasteiger partial charge in [-0.1, -0.05) is 0 Å². The van der Waals surface area contributed by atoms with E-state index in [1.807, 2.05) is 0 Å². The van der Waals surface area contributed by atoms with Crippen LogP contribution in [0.4, 0.5) is 0 Å². The van der Waals surface area contributed by atoms with Gasteiger partial charge in [0.1, 0.15) is 0 Å². The number of hydrogen-bond acceptors (Lipinski definition) is 3. The fourth-order valence-electron chi connectivity index (χ4n) is 1.76. The highest BCUT2D eigenvalue weighted by Gasteiger charge is 2.48. The van der Waals surface area contributed by atoms with Crippen LogP contribution < -0.4 is 0 Å². The van der Waals surface area contributed by atoms with E-state index in [1.165, 1.54) is 0 Å². The lowest BCUT2D eigenvalue weighted by molar-refractivity contribution is -0.166.